The maximum atomic E-state index is 6.93. The zero-order valence-electron chi connectivity index (χ0n) is 36.6. The highest BCUT2D eigenvalue weighted by Gasteiger charge is 2.36. The van der Waals surface area contributed by atoms with Crippen LogP contribution in [0.1, 0.15) is 94.9 Å². The van der Waals surface area contributed by atoms with Crippen molar-refractivity contribution in [3.8, 4) is 22.5 Å². The summed E-state index contributed by atoms with van der Waals surface area (Å²) >= 11 is 0. The van der Waals surface area contributed by atoms with Gasteiger partial charge >= 0.3 is 5.49 Å². The zero-order chi connectivity index (χ0) is 42.3. The van der Waals surface area contributed by atoms with Crippen molar-refractivity contribution in [2.75, 3.05) is 10.6 Å². The smallest absolute Gasteiger partial charge is 0.384 e. The van der Waals surface area contributed by atoms with E-state index in [4.69, 9.17) is 10.4 Å². The highest BCUT2D eigenvalue weighted by molar-refractivity contribution is 6.12. The molecule has 0 amide bonds. The zero-order valence-corrected chi connectivity index (χ0v) is 36.6. The van der Waals surface area contributed by atoms with E-state index in [-0.39, 0.29) is 6.17 Å². The number of allylic oxidation sites excluding steroid dienone is 3. The van der Waals surface area contributed by atoms with E-state index in [9.17, 15) is 0 Å². The number of nitrogens with one attached hydrogen (secondary N) is 1. The Kier molecular flexibility index (Phi) is 10.5. The highest BCUT2D eigenvalue weighted by Crippen LogP contribution is 2.46. The summed E-state index contributed by atoms with van der Waals surface area (Å²) in [6.07, 6.45) is 23.3. The first kappa shape index (κ1) is 39.4. The van der Waals surface area contributed by atoms with E-state index in [1.54, 1.807) is 0 Å². The number of nitrogen functional groups attached to an aromatic ring is 1. The molecule has 310 valence electrons. The summed E-state index contributed by atoms with van der Waals surface area (Å²) in [6.45, 7) is 8.81. The van der Waals surface area contributed by atoms with Gasteiger partial charge in [0.1, 0.15) is 23.2 Å². The first-order valence-corrected chi connectivity index (χ1v) is 22.9. The predicted octanol–water partition coefficient (Wildman–Crippen LogP) is 11.6. The lowest BCUT2D eigenvalue weighted by atomic mass is 10.0. The van der Waals surface area contributed by atoms with E-state index in [0.29, 0.717) is 0 Å². The van der Waals surface area contributed by atoms with Gasteiger partial charge in [-0.3, -0.25) is 4.57 Å². The van der Waals surface area contributed by atoms with Crippen molar-refractivity contribution in [2.45, 2.75) is 91.6 Å². The minimum absolute atomic E-state index is 0.0143. The predicted molar refractivity (Wildman–Crippen MR) is 264 cm³/mol. The van der Waals surface area contributed by atoms with Gasteiger partial charge in [0, 0.05) is 51.3 Å². The van der Waals surface area contributed by atoms with Crippen LogP contribution >= 0.6 is 0 Å². The van der Waals surface area contributed by atoms with Gasteiger partial charge in [0.15, 0.2) is 0 Å². The van der Waals surface area contributed by atoms with Crippen molar-refractivity contribution in [2.24, 2.45) is 0 Å². The van der Waals surface area contributed by atoms with Gasteiger partial charge in [-0.15, -0.1) is 0 Å². The average Bonchev–Trinajstić information content (AvgIpc) is 4.03. The second-order valence-corrected chi connectivity index (χ2v) is 17.2. The molecule has 0 spiro atoms. The van der Waals surface area contributed by atoms with E-state index in [1.807, 2.05) is 0 Å². The number of rotatable bonds is 14. The molecule has 3 N–H and O–H groups in total. The summed E-state index contributed by atoms with van der Waals surface area (Å²) in [5.41, 5.74) is 24.7. The Morgan fingerprint density at radius 1 is 0.677 bits per heavy atom. The molecule has 5 heterocycles. The van der Waals surface area contributed by atoms with Gasteiger partial charge < -0.3 is 16.0 Å². The fraction of sp³-hybridized carbons (Fsp3) is 0.250. The molecule has 6 nitrogen and oxygen atoms in total. The minimum atomic E-state index is -0.0143. The Morgan fingerprint density at radius 2 is 1.35 bits per heavy atom. The van der Waals surface area contributed by atoms with Gasteiger partial charge in [0.05, 0.1) is 16.4 Å². The molecule has 0 aliphatic carbocycles. The quantitative estimate of drug-likeness (QED) is 0.108. The van der Waals surface area contributed by atoms with Crippen LogP contribution in [0.25, 0.3) is 62.0 Å². The summed E-state index contributed by atoms with van der Waals surface area (Å²) in [5, 5.41) is 7.40. The van der Waals surface area contributed by atoms with Crippen molar-refractivity contribution in [1.82, 2.24) is 19.1 Å². The topological polar surface area (TPSA) is 65.2 Å². The molecule has 6 heteroatoms. The van der Waals surface area contributed by atoms with Crippen LogP contribution in [-0.4, -0.2) is 21.0 Å². The number of aryl methyl sites for hydroxylation is 2. The van der Waals surface area contributed by atoms with Crippen molar-refractivity contribution in [3.63, 3.8) is 0 Å². The van der Waals surface area contributed by atoms with Crippen molar-refractivity contribution < 1.29 is 0 Å². The maximum absolute atomic E-state index is 6.93. The van der Waals surface area contributed by atoms with Crippen LogP contribution in [-0.2, 0) is 12.8 Å². The van der Waals surface area contributed by atoms with Gasteiger partial charge in [-0.05, 0) is 140 Å². The second kappa shape index (κ2) is 16.6. The standard InChI is InChI=1S/C56H57N6/c1-5-9-14-37-18-24-42(25-19-37)60-51-30-23-40(34-48(51)45(13-8-4)54(60)57)39-21-26-43(27-22-39)61-53-31-28-44(36-49(53)46-17-12-32-58-55(46)61)62-52-29-20-38(15-10-6-2)33-47(52)50-35-41(16-11-7-3)59-56(50)62/h8,12-13,17-36,55,58H,5-7,9-11,14-16,57H2,1-4H3/q+1/b13-8-. The van der Waals surface area contributed by atoms with E-state index in [2.05, 4.69) is 187 Å². The number of benzene rings is 5. The van der Waals surface area contributed by atoms with Gasteiger partial charge in [-0.25, -0.2) is 4.67 Å². The summed E-state index contributed by atoms with van der Waals surface area (Å²) in [6, 6.07) is 38.7. The van der Waals surface area contributed by atoms with Gasteiger partial charge in [0.2, 0.25) is 5.71 Å². The molecule has 0 saturated carbocycles. The Bertz CT molecular complexity index is 3110. The largest absolute Gasteiger partial charge is 0.388 e. The number of nitrogens with zero attached hydrogens (tertiary/aromatic N) is 4. The molecule has 1 atom stereocenters. The second-order valence-electron chi connectivity index (χ2n) is 17.2. The van der Waals surface area contributed by atoms with Crippen LogP contribution in [0, 0.1) is 0 Å². The lowest BCUT2D eigenvalue weighted by Gasteiger charge is -2.29. The van der Waals surface area contributed by atoms with E-state index < -0.39 is 0 Å². The lowest BCUT2D eigenvalue weighted by Crippen LogP contribution is -2.38. The lowest BCUT2D eigenvalue weighted by molar-refractivity contribution is 0.737. The highest BCUT2D eigenvalue weighted by atomic mass is 15.3. The molecule has 62 heavy (non-hydrogen) atoms. The van der Waals surface area contributed by atoms with Crippen LogP contribution in [0.4, 0.5) is 17.2 Å². The van der Waals surface area contributed by atoms with Crippen molar-refractivity contribution >= 4 is 62.4 Å². The molecule has 3 aliphatic heterocycles. The van der Waals surface area contributed by atoms with Crippen molar-refractivity contribution in [3.05, 3.63) is 161 Å². The number of hydrogen-bond donors (Lipinski definition) is 2. The third-order valence-corrected chi connectivity index (χ3v) is 13.1. The number of dihydropyridines is 1. The summed E-state index contributed by atoms with van der Waals surface area (Å²) in [4.78, 5) is 2.44. The number of anilines is 3. The molecule has 7 aromatic rings. The van der Waals surface area contributed by atoms with E-state index >= 15 is 0 Å². The molecule has 0 fully saturated rings. The Morgan fingerprint density at radius 3 is 2.13 bits per heavy atom. The Hall–Kier alpha value is -6.75. The van der Waals surface area contributed by atoms with Gasteiger partial charge in [0.25, 0.3) is 0 Å². The number of aromatic nitrogens is 2. The molecule has 0 radical (unpaired) electrons. The number of fused-ring (bicyclic) bond motifs is 7. The molecule has 0 bridgehead atoms. The molecular weight excluding hydrogens is 757 g/mol. The van der Waals surface area contributed by atoms with Gasteiger partial charge in [-0.1, -0.05) is 94.7 Å². The number of unbranched alkanes of at least 4 members (excludes halogenated alkanes) is 3. The van der Waals surface area contributed by atoms with Crippen LogP contribution in [0.5, 0.6) is 0 Å². The summed E-state index contributed by atoms with van der Waals surface area (Å²) < 4.78 is 9.88. The summed E-state index contributed by atoms with van der Waals surface area (Å²) in [5.74, 6) is 0.759. The van der Waals surface area contributed by atoms with Crippen LogP contribution < -0.4 is 31.3 Å². The first-order valence-electron chi connectivity index (χ1n) is 22.9. The van der Waals surface area contributed by atoms with Gasteiger partial charge in [-0.2, -0.15) is 4.57 Å². The molecule has 5 aromatic carbocycles. The molecule has 10 rings (SSSR count). The monoisotopic (exact) mass is 813 g/mol. The normalized spacial score (nSPS) is 15.1. The molecule has 3 aliphatic rings. The SMILES string of the molecule is C/C=C\c1c(N)n(-c2ccc(CCCC)cc2)c2ccc(-c3ccc(N4c5ccc(-n6c7c(c8cc(CCCC)ccc86)=CC(CCCC)=[N+]=7)cc5C5=CC=CNC54)cc3)cc12. The number of nitrogens with two attached hydrogens (primary N) is 1. The third kappa shape index (κ3) is 6.80. The van der Waals surface area contributed by atoms with E-state index in [1.165, 1.54) is 75.5 Å². The Balaban J connectivity index is 1.01. The maximum Gasteiger partial charge on any atom is 0.388 e. The number of hydrogen-bond acceptors (Lipinski definition) is 3. The fourth-order valence-corrected chi connectivity index (χ4v) is 9.82. The summed E-state index contributed by atoms with van der Waals surface area (Å²) in [7, 11) is 0. The van der Waals surface area contributed by atoms with Crippen LogP contribution in [0.2, 0.25) is 0 Å². The molecule has 0 saturated heterocycles. The minimum Gasteiger partial charge on any atom is -0.384 e. The molecule has 1 unspecified atom stereocenters. The third-order valence-electron chi connectivity index (χ3n) is 13.1. The Labute approximate surface area is 365 Å². The van der Waals surface area contributed by atoms with E-state index in [0.717, 1.165) is 88.1 Å². The fourth-order valence-electron chi connectivity index (χ4n) is 9.82. The first-order chi connectivity index (χ1) is 30.5. The molecule has 2 aromatic heterocycles. The van der Waals surface area contributed by atoms with Crippen molar-refractivity contribution in [1.29, 1.82) is 0 Å². The molecular formula is C56H57N6+. The average molecular weight is 814 g/mol. The van der Waals surface area contributed by atoms with Crippen LogP contribution in [0.15, 0.2) is 128 Å². The van der Waals surface area contributed by atoms with Crippen LogP contribution in [0.3, 0.4) is 0 Å².